The molecule has 1 fully saturated rings. The van der Waals surface area contributed by atoms with Crippen LogP contribution in [0.5, 0.6) is 0 Å². The fraction of sp³-hybridized carbons (Fsp3) is 0.538. The molecule has 0 radical (unpaired) electrons. The molecule has 0 aromatic heterocycles. The molecule has 2 rings (SSSR count). The van der Waals surface area contributed by atoms with E-state index in [2.05, 4.69) is 4.90 Å². The summed E-state index contributed by atoms with van der Waals surface area (Å²) >= 11 is 0. The van der Waals surface area contributed by atoms with Gasteiger partial charge in [0, 0.05) is 18.8 Å². The third-order valence-electron chi connectivity index (χ3n) is 3.39. The lowest BCUT2D eigenvalue weighted by Crippen LogP contribution is -2.39. The van der Waals surface area contributed by atoms with E-state index in [-0.39, 0.29) is 12.4 Å². The normalized spacial score (nSPS) is 18.0. The van der Waals surface area contributed by atoms with Crippen LogP contribution in [0.3, 0.4) is 0 Å². The SMILES string of the molecule is CS(=O)(=O)c1ccc(CN2CCC(N)CC2)cc1.Cl. The van der Waals surface area contributed by atoms with Crippen LogP contribution in [0.2, 0.25) is 0 Å². The second-order valence-electron chi connectivity index (χ2n) is 5.03. The van der Waals surface area contributed by atoms with Crippen LogP contribution in [-0.4, -0.2) is 38.7 Å². The highest BCUT2D eigenvalue weighted by Crippen LogP contribution is 2.15. The molecule has 0 unspecified atom stereocenters. The van der Waals surface area contributed by atoms with E-state index in [0.29, 0.717) is 10.9 Å². The van der Waals surface area contributed by atoms with E-state index < -0.39 is 9.84 Å². The Bertz CT molecular complexity index is 494. The molecule has 1 aromatic rings. The van der Waals surface area contributed by atoms with Gasteiger partial charge in [-0.1, -0.05) is 12.1 Å². The van der Waals surface area contributed by atoms with E-state index in [1.54, 1.807) is 12.1 Å². The van der Waals surface area contributed by atoms with Crippen molar-refractivity contribution in [2.45, 2.75) is 30.3 Å². The number of benzene rings is 1. The van der Waals surface area contributed by atoms with Crippen molar-refractivity contribution in [1.82, 2.24) is 4.90 Å². The number of hydrogen-bond donors (Lipinski definition) is 1. The maximum atomic E-state index is 11.3. The number of rotatable bonds is 3. The molecule has 108 valence electrons. The number of hydrogen-bond acceptors (Lipinski definition) is 4. The third-order valence-corrected chi connectivity index (χ3v) is 4.52. The molecule has 0 bridgehead atoms. The summed E-state index contributed by atoms with van der Waals surface area (Å²) in [5, 5.41) is 0. The summed E-state index contributed by atoms with van der Waals surface area (Å²) in [7, 11) is -3.09. The average molecular weight is 305 g/mol. The maximum absolute atomic E-state index is 11.3. The number of likely N-dealkylation sites (tertiary alicyclic amines) is 1. The molecule has 1 saturated heterocycles. The maximum Gasteiger partial charge on any atom is 0.175 e. The average Bonchev–Trinajstić information content (AvgIpc) is 2.32. The zero-order valence-corrected chi connectivity index (χ0v) is 12.7. The van der Waals surface area contributed by atoms with Gasteiger partial charge < -0.3 is 5.73 Å². The minimum atomic E-state index is -3.09. The minimum Gasteiger partial charge on any atom is -0.328 e. The Morgan fingerprint density at radius 1 is 1.21 bits per heavy atom. The summed E-state index contributed by atoms with van der Waals surface area (Å²) in [5.41, 5.74) is 7.02. The van der Waals surface area contributed by atoms with Crippen LogP contribution in [0.25, 0.3) is 0 Å². The van der Waals surface area contributed by atoms with Crippen LogP contribution in [0.4, 0.5) is 0 Å². The summed E-state index contributed by atoms with van der Waals surface area (Å²) in [6.07, 6.45) is 3.32. The molecule has 0 saturated carbocycles. The fourth-order valence-electron chi connectivity index (χ4n) is 2.21. The largest absolute Gasteiger partial charge is 0.328 e. The van der Waals surface area contributed by atoms with E-state index in [4.69, 9.17) is 5.73 Å². The smallest absolute Gasteiger partial charge is 0.175 e. The first-order valence-electron chi connectivity index (χ1n) is 6.22. The highest BCUT2D eigenvalue weighted by atomic mass is 35.5. The zero-order chi connectivity index (χ0) is 13.2. The Morgan fingerprint density at radius 3 is 2.21 bits per heavy atom. The van der Waals surface area contributed by atoms with Gasteiger partial charge in [-0.15, -0.1) is 12.4 Å². The molecule has 6 heteroatoms. The summed E-state index contributed by atoms with van der Waals surface area (Å²) in [4.78, 5) is 2.74. The Labute approximate surface area is 121 Å². The van der Waals surface area contributed by atoms with Gasteiger partial charge in [-0.25, -0.2) is 8.42 Å². The van der Waals surface area contributed by atoms with Crippen molar-refractivity contribution >= 4 is 22.2 Å². The molecule has 0 spiro atoms. The number of sulfone groups is 1. The number of nitrogens with zero attached hydrogens (tertiary/aromatic N) is 1. The predicted octanol–water partition coefficient (Wildman–Crippen LogP) is 1.43. The van der Waals surface area contributed by atoms with E-state index in [1.165, 1.54) is 6.26 Å². The molecule has 1 aliphatic heterocycles. The zero-order valence-electron chi connectivity index (χ0n) is 11.1. The van der Waals surface area contributed by atoms with Crippen molar-refractivity contribution in [3.05, 3.63) is 29.8 Å². The standard InChI is InChI=1S/C13H20N2O2S.ClH/c1-18(16,17)13-4-2-11(3-5-13)10-15-8-6-12(14)7-9-15;/h2-5,12H,6-10,14H2,1H3;1H. The summed E-state index contributed by atoms with van der Waals surface area (Å²) in [6, 6.07) is 7.49. The Morgan fingerprint density at radius 2 is 1.74 bits per heavy atom. The van der Waals surface area contributed by atoms with E-state index in [9.17, 15) is 8.42 Å². The van der Waals surface area contributed by atoms with Gasteiger partial charge in [0.1, 0.15) is 0 Å². The Kier molecular flexibility index (Phi) is 5.80. The van der Waals surface area contributed by atoms with Crippen molar-refractivity contribution in [3.63, 3.8) is 0 Å². The molecular weight excluding hydrogens is 284 g/mol. The van der Waals surface area contributed by atoms with Gasteiger partial charge in [0.25, 0.3) is 0 Å². The van der Waals surface area contributed by atoms with Gasteiger partial charge in [-0.05, 0) is 43.6 Å². The lowest BCUT2D eigenvalue weighted by molar-refractivity contribution is 0.205. The van der Waals surface area contributed by atoms with Crippen molar-refractivity contribution in [1.29, 1.82) is 0 Å². The predicted molar refractivity (Wildman–Crippen MR) is 79.3 cm³/mol. The number of halogens is 1. The molecule has 2 N–H and O–H groups in total. The van der Waals surface area contributed by atoms with E-state index in [1.807, 2.05) is 12.1 Å². The van der Waals surface area contributed by atoms with Crippen molar-refractivity contribution < 1.29 is 8.42 Å². The van der Waals surface area contributed by atoms with Crippen LogP contribution < -0.4 is 5.73 Å². The third kappa shape index (κ3) is 4.76. The minimum absolute atomic E-state index is 0. The van der Waals surface area contributed by atoms with Crippen LogP contribution in [0.15, 0.2) is 29.2 Å². The monoisotopic (exact) mass is 304 g/mol. The van der Waals surface area contributed by atoms with Crippen molar-refractivity contribution in [3.8, 4) is 0 Å². The Hall–Kier alpha value is -0.620. The van der Waals surface area contributed by atoms with Gasteiger partial charge in [0.05, 0.1) is 4.90 Å². The first-order valence-corrected chi connectivity index (χ1v) is 8.11. The molecule has 0 atom stereocenters. The summed E-state index contributed by atoms with van der Waals surface area (Å²) in [6.45, 7) is 2.92. The molecule has 0 aliphatic carbocycles. The van der Waals surface area contributed by atoms with Gasteiger partial charge in [-0.2, -0.15) is 0 Å². The van der Waals surface area contributed by atoms with Gasteiger partial charge in [0.2, 0.25) is 0 Å². The van der Waals surface area contributed by atoms with Crippen LogP contribution in [0, 0.1) is 0 Å². The number of piperidine rings is 1. The molecular formula is C13H21ClN2O2S. The lowest BCUT2D eigenvalue weighted by atomic mass is 10.1. The first kappa shape index (κ1) is 16.4. The van der Waals surface area contributed by atoms with E-state index in [0.717, 1.165) is 38.0 Å². The topological polar surface area (TPSA) is 63.4 Å². The highest BCUT2D eigenvalue weighted by Gasteiger charge is 2.16. The second kappa shape index (κ2) is 6.70. The van der Waals surface area contributed by atoms with E-state index >= 15 is 0 Å². The molecule has 1 heterocycles. The molecule has 1 aromatic carbocycles. The van der Waals surface area contributed by atoms with Crippen LogP contribution in [0.1, 0.15) is 18.4 Å². The molecule has 0 amide bonds. The van der Waals surface area contributed by atoms with Gasteiger partial charge in [0.15, 0.2) is 9.84 Å². The lowest BCUT2D eigenvalue weighted by Gasteiger charge is -2.30. The van der Waals surface area contributed by atoms with Crippen LogP contribution >= 0.6 is 12.4 Å². The molecule has 1 aliphatic rings. The second-order valence-corrected chi connectivity index (χ2v) is 7.05. The van der Waals surface area contributed by atoms with Crippen molar-refractivity contribution in [2.75, 3.05) is 19.3 Å². The number of nitrogens with two attached hydrogens (primary N) is 1. The summed E-state index contributed by atoms with van der Waals surface area (Å²) < 4.78 is 22.7. The first-order chi connectivity index (χ1) is 8.45. The summed E-state index contributed by atoms with van der Waals surface area (Å²) in [5.74, 6) is 0. The molecule has 4 nitrogen and oxygen atoms in total. The highest BCUT2D eigenvalue weighted by molar-refractivity contribution is 7.90. The quantitative estimate of drug-likeness (QED) is 0.918. The van der Waals surface area contributed by atoms with Crippen LogP contribution in [-0.2, 0) is 16.4 Å². The Balaban J connectivity index is 0.00000180. The van der Waals surface area contributed by atoms with Gasteiger partial charge >= 0.3 is 0 Å². The fourth-order valence-corrected chi connectivity index (χ4v) is 2.84. The van der Waals surface area contributed by atoms with Crippen molar-refractivity contribution in [2.24, 2.45) is 5.73 Å². The van der Waals surface area contributed by atoms with Gasteiger partial charge in [-0.3, -0.25) is 4.90 Å². The molecule has 19 heavy (non-hydrogen) atoms.